The second-order valence-electron chi connectivity index (χ2n) is 7.79. The van der Waals surface area contributed by atoms with E-state index < -0.39 is 29.8 Å². The lowest BCUT2D eigenvalue weighted by molar-refractivity contribution is -0.160. The first-order valence-electron chi connectivity index (χ1n) is 10.3. The molecule has 1 saturated heterocycles. The highest BCUT2D eigenvalue weighted by Gasteiger charge is 2.56. The molecule has 0 radical (unpaired) electrons. The molecule has 0 bridgehead atoms. The number of carbonyl (C=O) groups is 1. The van der Waals surface area contributed by atoms with Crippen molar-refractivity contribution in [2.45, 2.75) is 31.5 Å². The van der Waals surface area contributed by atoms with E-state index in [1.807, 2.05) is 0 Å². The van der Waals surface area contributed by atoms with E-state index in [4.69, 9.17) is 23.2 Å². The minimum atomic E-state index is -4.72. The minimum Gasteiger partial charge on any atom is -0.284 e. The smallest absolute Gasteiger partial charge is 0.284 e. The lowest BCUT2D eigenvalue weighted by Crippen LogP contribution is -2.50. The molecule has 2 aromatic rings. The van der Waals surface area contributed by atoms with Crippen molar-refractivity contribution < 1.29 is 18.0 Å². The summed E-state index contributed by atoms with van der Waals surface area (Å²) in [6.45, 7) is 1.18. The Bertz CT molecular complexity index is 1010. The van der Waals surface area contributed by atoms with Gasteiger partial charge in [-0.2, -0.15) is 18.3 Å². The molecule has 10 heteroatoms. The van der Waals surface area contributed by atoms with Gasteiger partial charge in [0.2, 0.25) is 0 Å². The Labute approximate surface area is 193 Å². The van der Waals surface area contributed by atoms with Crippen LogP contribution in [0.3, 0.4) is 0 Å². The Balaban J connectivity index is 1.78. The molecule has 2 aliphatic heterocycles. The quantitative estimate of drug-likeness (QED) is 0.613. The van der Waals surface area contributed by atoms with Gasteiger partial charge in [-0.25, -0.2) is 5.01 Å². The van der Waals surface area contributed by atoms with Gasteiger partial charge in [0, 0.05) is 18.1 Å². The largest absolute Gasteiger partial charge is 0.399 e. The van der Waals surface area contributed by atoms with Crippen LogP contribution < -0.4 is 10.4 Å². The molecule has 0 unspecified atom stereocenters. The van der Waals surface area contributed by atoms with Crippen LogP contribution in [0.4, 0.5) is 18.9 Å². The van der Waals surface area contributed by atoms with Crippen LogP contribution in [-0.2, 0) is 4.79 Å². The van der Waals surface area contributed by atoms with Gasteiger partial charge in [0.25, 0.3) is 5.91 Å². The summed E-state index contributed by atoms with van der Waals surface area (Å²) in [5.41, 5.74) is 2.62. The number of carbonyl (C=O) groups excluding carboxylic acids is 1. The van der Waals surface area contributed by atoms with Crippen LogP contribution in [0.5, 0.6) is 0 Å². The van der Waals surface area contributed by atoms with E-state index in [1.165, 1.54) is 29.3 Å². The van der Waals surface area contributed by atoms with Crippen LogP contribution in [0.15, 0.2) is 53.6 Å². The van der Waals surface area contributed by atoms with E-state index in [1.54, 1.807) is 29.3 Å². The molecule has 1 N–H and O–H groups in total. The van der Waals surface area contributed by atoms with Crippen LogP contribution in [0.25, 0.3) is 0 Å². The van der Waals surface area contributed by atoms with Gasteiger partial charge in [0.1, 0.15) is 11.6 Å². The van der Waals surface area contributed by atoms with Crippen molar-refractivity contribution in [3.05, 3.63) is 64.1 Å². The maximum atomic E-state index is 14.4. The second-order valence-corrected chi connectivity index (χ2v) is 8.63. The number of hydrogen-bond donors (Lipinski definition) is 1. The zero-order valence-electron chi connectivity index (χ0n) is 16.9. The van der Waals surface area contributed by atoms with E-state index in [2.05, 4.69) is 10.5 Å². The molecule has 0 aromatic heterocycles. The summed E-state index contributed by atoms with van der Waals surface area (Å²) in [6.07, 6.45) is -1.96. The summed E-state index contributed by atoms with van der Waals surface area (Å²) < 4.78 is 43.2. The summed E-state index contributed by atoms with van der Waals surface area (Å²) in [7, 11) is 0. The maximum absolute atomic E-state index is 14.4. The van der Waals surface area contributed by atoms with Gasteiger partial charge in [-0.15, -0.1) is 0 Å². The Morgan fingerprint density at radius 2 is 1.66 bits per heavy atom. The van der Waals surface area contributed by atoms with Crippen LogP contribution in [0.2, 0.25) is 10.0 Å². The van der Waals surface area contributed by atoms with Gasteiger partial charge in [-0.3, -0.25) is 15.2 Å². The van der Waals surface area contributed by atoms with Crippen molar-refractivity contribution in [3.63, 3.8) is 0 Å². The maximum Gasteiger partial charge on any atom is 0.399 e. The lowest BCUT2D eigenvalue weighted by Gasteiger charge is -2.30. The average molecular weight is 485 g/mol. The number of nitrogens with one attached hydrogen (secondary N) is 1. The van der Waals surface area contributed by atoms with Crippen LogP contribution in [0, 0.1) is 5.92 Å². The first-order valence-corrected chi connectivity index (χ1v) is 11.0. The number of nitrogens with zero attached hydrogens (tertiary/aromatic N) is 3. The van der Waals surface area contributed by atoms with Gasteiger partial charge in [-0.05, 0) is 42.7 Å². The number of amides is 1. The number of piperidine rings is 1. The minimum absolute atomic E-state index is 0.230. The molecule has 170 valence electrons. The monoisotopic (exact) mass is 484 g/mol. The van der Waals surface area contributed by atoms with Crippen molar-refractivity contribution in [2.24, 2.45) is 11.0 Å². The van der Waals surface area contributed by atoms with Crippen molar-refractivity contribution >= 4 is 40.5 Å². The molecule has 0 aliphatic carbocycles. The summed E-state index contributed by atoms with van der Waals surface area (Å²) in [6, 6.07) is 11.2. The van der Waals surface area contributed by atoms with E-state index in [-0.39, 0.29) is 10.7 Å². The number of hydrazone groups is 1. The molecule has 1 fully saturated rings. The lowest BCUT2D eigenvalue weighted by atomic mass is 9.88. The number of benzene rings is 2. The Morgan fingerprint density at radius 3 is 2.28 bits per heavy atom. The number of rotatable bonds is 4. The normalized spacial score (nSPS) is 22.0. The van der Waals surface area contributed by atoms with Crippen LogP contribution in [0.1, 0.15) is 30.9 Å². The molecule has 0 saturated carbocycles. The standard InChI is InChI=1S/C22H21Cl2F3N4O/c23-15-10-8-14(9-11-15)20-18(22(25,26)27)19(21(32)29-30-12-4-1-5-13-30)28-31(20)17-7-3-2-6-16(17)24/h2-3,6-11,18,20H,1,4-5,12-13H2,(H,29,32)/t18-,20+/m1/s1. The average Bonchev–Trinajstić information content (AvgIpc) is 3.16. The third kappa shape index (κ3) is 4.72. The van der Waals surface area contributed by atoms with Crippen molar-refractivity contribution in [3.8, 4) is 0 Å². The summed E-state index contributed by atoms with van der Waals surface area (Å²) in [5, 5.41) is 7.65. The SMILES string of the molecule is O=C(NN1CCCCC1)C1=NN(c2ccccc2Cl)[C@@H](c2ccc(Cl)cc2)[C@@H]1C(F)(F)F. The fourth-order valence-corrected chi connectivity index (χ4v) is 4.44. The molecular formula is C22H21Cl2F3N4O. The number of anilines is 1. The molecule has 2 heterocycles. The highest BCUT2D eigenvalue weighted by Crippen LogP contribution is 2.48. The molecule has 5 nitrogen and oxygen atoms in total. The number of hydrazine groups is 1. The Hall–Kier alpha value is -2.29. The highest BCUT2D eigenvalue weighted by molar-refractivity contribution is 6.41. The van der Waals surface area contributed by atoms with Crippen molar-refractivity contribution in [2.75, 3.05) is 18.1 Å². The summed E-state index contributed by atoms with van der Waals surface area (Å²) in [5.74, 6) is -3.01. The van der Waals surface area contributed by atoms with Crippen molar-refractivity contribution in [1.82, 2.24) is 10.4 Å². The fourth-order valence-electron chi connectivity index (χ4n) is 4.09. The molecule has 4 rings (SSSR count). The zero-order chi connectivity index (χ0) is 22.9. The molecule has 1 amide bonds. The van der Waals surface area contributed by atoms with Gasteiger partial charge in [0.15, 0.2) is 0 Å². The third-order valence-corrected chi connectivity index (χ3v) is 6.17. The topological polar surface area (TPSA) is 47.9 Å². The number of halogens is 5. The molecule has 32 heavy (non-hydrogen) atoms. The Kier molecular flexibility index (Phi) is 6.65. The number of alkyl halides is 3. The van der Waals surface area contributed by atoms with Crippen molar-refractivity contribution in [1.29, 1.82) is 0 Å². The summed E-state index contributed by atoms with van der Waals surface area (Å²) >= 11 is 12.3. The molecule has 2 atom stereocenters. The Morgan fingerprint density at radius 1 is 1.00 bits per heavy atom. The predicted molar refractivity (Wildman–Crippen MR) is 119 cm³/mol. The number of para-hydroxylation sites is 1. The van der Waals surface area contributed by atoms with Gasteiger partial charge >= 0.3 is 6.18 Å². The zero-order valence-corrected chi connectivity index (χ0v) is 18.5. The fraction of sp³-hybridized carbons (Fsp3) is 0.364. The highest BCUT2D eigenvalue weighted by atomic mass is 35.5. The molecule has 2 aliphatic rings. The predicted octanol–water partition coefficient (Wildman–Crippen LogP) is 5.61. The molecule has 0 spiro atoms. The summed E-state index contributed by atoms with van der Waals surface area (Å²) in [4.78, 5) is 13.0. The van der Waals surface area contributed by atoms with Crippen LogP contribution in [-0.4, -0.2) is 35.9 Å². The van der Waals surface area contributed by atoms with E-state index >= 15 is 0 Å². The van der Waals surface area contributed by atoms with Gasteiger partial charge in [-0.1, -0.05) is 53.9 Å². The van der Waals surface area contributed by atoms with Crippen LogP contribution >= 0.6 is 23.2 Å². The van der Waals surface area contributed by atoms with Gasteiger partial charge in [0.05, 0.1) is 16.8 Å². The third-order valence-electron chi connectivity index (χ3n) is 5.60. The second kappa shape index (κ2) is 9.29. The van der Waals surface area contributed by atoms with E-state index in [0.717, 1.165) is 19.3 Å². The number of hydrogen-bond acceptors (Lipinski definition) is 4. The molecule has 2 aromatic carbocycles. The first-order chi connectivity index (χ1) is 15.3. The van der Waals surface area contributed by atoms with E-state index in [0.29, 0.717) is 23.7 Å². The van der Waals surface area contributed by atoms with E-state index in [9.17, 15) is 18.0 Å². The molecular weight excluding hydrogens is 464 g/mol. The van der Waals surface area contributed by atoms with Gasteiger partial charge < -0.3 is 0 Å². The first kappa shape index (κ1) is 22.9.